The van der Waals surface area contributed by atoms with E-state index in [4.69, 9.17) is 5.73 Å². The van der Waals surface area contributed by atoms with Gasteiger partial charge in [-0.25, -0.2) is 0 Å². The van der Waals surface area contributed by atoms with Crippen LogP contribution in [0.5, 0.6) is 0 Å². The Morgan fingerprint density at radius 3 is 2.69 bits per heavy atom. The Balaban J connectivity index is 2.27. The summed E-state index contributed by atoms with van der Waals surface area (Å²) in [5.41, 5.74) is 7.03. The molecule has 4 nitrogen and oxygen atoms in total. The molecule has 0 heterocycles. The van der Waals surface area contributed by atoms with E-state index in [0.717, 1.165) is 18.4 Å². The molecule has 2 rings (SSSR count). The Labute approximate surface area is 102 Å². The number of nitro groups is 1. The van der Waals surface area contributed by atoms with Crippen LogP contribution in [0, 0.1) is 16.0 Å². The van der Waals surface area contributed by atoms with Crippen molar-refractivity contribution in [3.8, 4) is 0 Å². The lowest BCUT2D eigenvalue weighted by atomic mass is 9.77. The number of hydrogen-bond acceptors (Lipinski definition) is 3. The van der Waals surface area contributed by atoms with E-state index < -0.39 is 0 Å². The van der Waals surface area contributed by atoms with E-state index in [-0.39, 0.29) is 16.7 Å². The van der Waals surface area contributed by atoms with Gasteiger partial charge in [0.25, 0.3) is 5.69 Å². The zero-order valence-electron chi connectivity index (χ0n) is 8.73. The molecule has 1 aliphatic carbocycles. The fourth-order valence-corrected chi connectivity index (χ4v) is 2.34. The van der Waals surface area contributed by atoms with Gasteiger partial charge in [-0.3, -0.25) is 10.1 Å². The van der Waals surface area contributed by atoms with E-state index in [1.54, 1.807) is 12.1 Å². The number of halogens is 1. The molecule has 0 aliphatic heterocycles. The van der Waals surface area contributed by atoms with E-state index in [1.807, 2.05) is 6.07 Å². The second-order valence-electron chi connectivity index (χ2n) is 4.18. The number of nitro benzene ring substituents is 1. The largest absolute Gasteiger partial charge is 0.324 e. The summed E-state index contributed by atoms with van der Waals surface area (Å²) >= 11 is 3.17. The highest BCUT2D eigenvalue weighted by atomic mass is 79.9. The molecule has 0 aromatic heterocycles. The predicted molar refractivity (Wildman–Crippen MR) is 65.1 cm³/mol. The third-order valence-electron chi connectivity index (χ3n) is 3.21. The summed E-state index contributed by atoms with van der Waals surface area (Å²) in [6.45, 7) is 0. The number of rotatable bonds is 3. The van der Waals surface area contributed by atoms with Crippen molar-refractivity contribution in [1.29, 1.82) is 0 Å². The maximum atomic E-state index is 10.8. The predicted octanol–water partition coefficient (Wildman–Crippen LogP) is 3.16. The molecule has 0 saturated heterocycles. The highest BCUT2D eigenvalue weighted by molar-refractivity contribution is 9.10. The van der Waals surface area contributed by atoms with Crippen LogP contribution >= 0.6 is 15.9 Å². The number of nitrogens with two attached hydrogens (primary N) is 1. The highest BCUT2D eigenvalue weighted by Gasteiger charge is 2.26. The van der Waals surface area contributed by atoms with Crippen LogP contribution in [0.2, 0.25) is 0 Å². The summed E-state index contributed by atoms with van der Waals surface area (Å²) in [5, 5.41) is 10.8. The molecule has 1 atom stereocenters. The molecule has 0 unspecified atom stereocenters. The highest BCUT2D eigenvalue weighted by Crippen LogP contribution is 2.38. The smallest absolute Gasteiger partial charge is 0.283 e. The fourth-order valence-electron chi connectivity index (χ4n) is 1.95. The van der Waals surface area contributed by atoms with Crippen molar-refractivity contribution in [2.75, 3.05) is 0 Å². The Morgan fingerprint density at radius 2 is 2.19 bits per heavy atom. The van der Waals surface area contributed by atoms with E-state index in [0.29, 0.717) is 10.4 Å². The van der Waals surface area contributed by atoms with Crippen molar-refractivity contribution in [3.05, 3.63) is 38.3 Å². The average Bonchev–Trinajstić information content (AvgIpc) is 2.15. The molecule has 1 saturated carbocycles. The summed E-state index contributed by atoms with van der Waals surface area (Å²) < 4.78 is 0.502. The van der Waals surface area contributed by atoms with Crippen molar-refractivity contribution in [1.82, 2.24) is 0 Å². The van der Waals surface area contributed by atoms with Crippen LogP contribution in [0.4, 0.5) is 5.69 Å². The third-order valence-corrected chi connectivity index (χ3v) is 3.88. The first-order valence-corrected chi connectivity index (χ1v) is 6.08. The van der Waals surface area contributed by atoms with Gasteiger partial charge in [0.2, 0.25) is 0 Å². The van der Waals surface area contributed by atoms with Crippen molar-refractivity contribution in [2.45, 2.75) is 25.3 Å². The fraction of sp³-hybridized carbons (Fsp3) is 0.455. The van der Waals surface area contributed by atoms with Crippen molar-refractivity contribution in [2.24, 2.45) is 11.7 Å². The average molecular weight is 285 g/mol. The lowest BCUT2D eigenvalue weighted by Crippen LogP contribution is -2.26. The molecule has 16 heavy (non-hydrogen) atoms. The van der Waals surface area contributed by atoms with Gasteiger partial charge in [-0.2, -0.15) is 0 Å². The van der Waals surface area contributed by atoms with Gasteiger partial charge in [0, 0.05) is 12.1 Å². The molecular weight excluding hydrogens is 272 g/mol. The molecular formula is C11H13BrN2O2. The zero-order chi connectivity index (χ0) is 11.7. The lowest BCUT2D eigenvalue weighted by molar-refractivity contribution is -0.385. The SMILES string of the molecule is N[C@H](c1ccc(Br)c([N+](=O)[O-])c1)C1CCC1. The van der Waals surface area contributed by atoms with Crippen LogP contribution in [-0.2, 0) is 0 Å². The number of benzene rings is 1. The van der Waals surface area contributed by atoms with Gasteiger partial charge in [0.1, 0.15) is 0 Å². The molecule has 2 N–H and O–H groups in total. The molecule has 1 aromatic rings. The molecule has 86 valence electrons. The summed E-state index contributed by atoms with van der Waals surface area (Å²) in [4.78, 5) is 10.4. The Bertz CT molecular complexity index is 418. The number of hydrogen-bond donors (Lipinski definition) is 1. The first kappa shape index (κ1) is 11.5. The first-order valence-electron chi connectivity index (χ1n) is 5.29. The van der Waals surface area contributed by atoms with Crippen LogP contribution in [0.3, 0.4) is 0 Å². The topological polar surface area (TPSA) is 69.2 Å². The summed E-state index contributed by atoms with van der Waals surface area (Å²) in [6.07, 6.45) is 3.48. The van der Waals surface area contributed by atoms with Gasteiger partial charge in [-0.1, -0.05) is 12.5 Å². The standard InChI is InChI=1S/C11H13BrN2O2/c12-9-5-4-8(6-10(9)14(15)16)11(13)7-2-1-3-7/h4-7,11H,1-3,13H2/t11-/m0/s1. The van der Waals surface area contributed by atoms with Crippen LogP contribution in [0.1, 0.15) is 30.9 Å². The Morgan fingerprint density at radius 1 is 1.50 bits per heavy atom. The second kappa shape index (κ2) is 4.51. The van der Waals surface area contributed by atoms with Gasteiger partial charge >= 0.3 is 0 Å². The Kier molecular flexibility index (Phi) is 3.25. The Hall–Kier alpha value is -0.940. The van der Waals surface area contributed by atoms with Gasteiger partial charge in [-0.05, 0) is 46.3 Å². The molecule has 1 aromatic carbocycles. The van der Waals surface area contributed by atoms with Crippen molar-refractivity contribution < 1.29 is 4.92 Å². The summed E-state index contributed by atoms with van der Waals surface area (Å²) in [5.74, 6) is 0.487. The lowest BCUT2D eigenvalue weighted by Gasteiger charge is -2.31. The normalized spacial score (nSPS) is 17.9. The van der Waals surface area contributed by atoms with E-state index in [9.17, 15) is 10.1 Å². The maximum Gasteiger partial charge on any atom is 0.283 e. The minimum Gasteiger partial charge on any atom is -0.324 e. The first-order chi connectivity index (χ1) is 7.59. The van der Waals surface area contributed by atoms with E-state index in [1.165, 1.54) is 6.42 Å². The molecule has 0 amide bonds. The molecule has 0 spiro atoms. The van der Waals surface area contributed by atoms with E-state index >= 15 is 0 Å². The molecule has 1 fully saturated rings. The minimum absolute atomic E-state index is 0.0689. The van der Waals surface area contributed by atoms with Crippen LogP contribution in [-0.4, -0.2) is 4.92 Å². The van der Waals surface area contributed by atoms with Gasteiger partial charge in [0.15, 0.2) is 0 Å². The van der Waals surface area contributed by atoms with Crippen LogP contribution < -0.4 is 5.73 Å². The molecule has 0 bridgehead atoms. The zero-order valence-corrected chi connectivity index (χ0v) is 10.3. The van der Waals surface area contributed by atoms with Gasteiger partial charge in [0.05, 0.1) is 9.40 Å². The summed E-state index contributed by atoms with van der Waals surface area (Å²) in [6, 6.07) is 5.07. The molecule has 5 heteroatoms. The number of nitrogens with zero attached hydrogens (tertiary/aromatic N) is 1. The van der Waals surface area contributed by atoms with E-state index in [2.05, 4.69) is 15.9 Å². The molecule has 0 radical (unpaired) electrons. The third kappa shape index (κ3) is 2.10. The second-order valence-corrected chi connectivity index (χ2v) is 5.04. The summed E-state index contributed by atoms with van der Waals surface area (Å²) in [7, 11) is 0. The van der Waals surface area contributed by atoms with Crippen molar-refractivity contribution >= 4 is 21.6 Å². The monoisotopic (exact) mass is 284 g/mol. The van der Waals surface area contributed by atoms with Gasteiger partial charge in [-0.15, -0.1) is 0 Å². The minimum atomic E-state index is -0.388. The quantitative estimate of drug-likeness (QED) is 0.685. The maximum absolute atomic E-state index is 10.8. The van der Waals surface area contributed by atoms with Crippen molar-refractivity contribution in [3.63, 3.8) is 0 Å². The van der Waals surface area contributed by atoms with Crippen LogP contribution in [0.15, 0.2) is 22.7 Å². The van der Waals surface area contributed by atoms with Gasteiger partial charge < -0.3 is 5.73 Å². The van der Waals surface area contributed by atoms with Crippen LogP contribution in [0.25, 0.3) is 0 Å². The molecule has 1 aliphatic rings.